The molecule has 1 saturated carbocycles. The summed E-state index contributed by atoms with van der Waals surface area (Å²) in [5.74, 6) is -1.62. The molecule has 0 atom stereocenters. The van der Waals surface area contributed by atoms with Crippen molar-refractivity contribution in [1.29, 1.82) is 0 Å². The minimum atomic E-state index is -1.26. The van der Waals surface area contributed by atoms with Gasteiger partial charge in [-0.2, -0.15) is 0 Å². The van der Waals surface area contributed by atoms with Crippen molar-refractivity contribution in [2.24, 2.45) is 0 Å². The Labute approximate surface area is 172 Å². The smallest absolute Gasteiger partial charge is 0.341 e. The van der Waals surface area contributed by atoms with E-state index in [2.05, 4.69) is 11.8 Å². The van der Waals surface area contributed by atoms with Crippen molar-refractivity contribution < 1.29 is 14.3 Å². The van der Waals surface area contributed by atoms with Crippen molar-refractivity contribution >= 4 is 33.6 Å². The Morgan fingerprint density at radius 3 is 2.57 bits per heavy atom. The van der Waals surface area contributed by atoms with Crippen molar-refractivity contribution in [3.05, 3.63) is 46.0 Å². The van der Waals surface area contributed by atoms with Gasteiger partial charge in [0.1, 0.15) is 17.0 Å². The van der Waals surface area contributed by atoms with Crippen LogP contribution in [0.5, 0.6) is 0 Å². The first-order chi connectivity index (χ1) is 14.5. The Hall–Kier alpha value is -3.00. The Morgan fingerprint density at radius 2 is 1.93 bits per heavy atom. The second kappa shape index (κ2) is 7.05. The maximum Gasteiger partial charge on any atom is 0.341 e. The molecule has 0 bridgehead atoms. The number of carboxylic acids is 1. The summed E-state index contributed by atoms with van der Waals surface area (Å²) in [6, 6.07) is 4.88. The molecule has 5 rings (SSSR count). The van der Waals surface area contributed by atoms with Crippen molar-refractivity contribution in [3.8, 4) is 0 Å². The van der Waals surface area contributed by atoms with Gasteiger partial charge in [0.25, 0.3) is 0 Å². The summed E-state index contributed by atoms with van der Waals surface area (Å²) in [5.41, 5.74) is 0.736. The monoisotopic (exact) mass is 410 g/mol. The van der Waals surface area contributed by atoms with Crippen LogP contribution in [0.15, 0.2) is 29.2 Å². The first-order valence-corrected chi connectivity index (χ1v) is 10.4. The molecule has 30 heavy (non-hydrogen) atoms. The molecule has 0 amide bonds. The molecule has 3 heterocycles. The number of rotatable bonds is 4. The van der Waals surface area contributed by atoms with E-state index in [1.807, 2.05) is 4.90 Å². The zero-order valence-corrected chi connectivity index (χ0v) is 16.8. The summed E-state index contributed by atoms with van der Waals surface area (Å²) in [4.78, 5) is 33.3. The third-order valence-electron chi connectivity index (χ3n) is 6.20. The molecule has 1 N–H and O–H groups in total. The summed E-state index contributed by atoms with van der Waals surface area (Å²) >= 11 is 0. The van der Waals surface area contributed by atoms with Gasteiger partial charge >= 0.3 is 5.97 Å². The predicted molar refractivity (Wildman–Crippen MR) is 113 cm³/mol. The van der Waals surface area contributed by atoms with Crippen LogP contribution >= 0.6 is 0 Å². The van der Waals surface area contributed by atoms with Crippen LogP contribution in [0.3, 0.4) is 0 Å². The lowest BCUT2D eigenvalue weighted by Crippen LogP contribution is -2.46. The van der Waals surface area contributed by atoms with Crippen LogP contribution in [0.25, 0.3) is 21.9 Å². The molecule has 1 aliphatic carbocycles. The van der Waals surface area contributed by atoms with E-state index in [0.29, 0.717) is 22.2 Å². The molecule has 7 nitrogen and oxygen atoms in total. The number of hydrogen-bond acceptors (Lipinski definition) is 5. The van der Waals surface area contributed by atoms with Gasteiger partial charge in [-0.3, -0.25) is 4.79 Å². The number of fused-ring (bicyclic) bond motifs is 2. The van der Waals surface area contributed by atoms with Crippen molar-refractivity contribution in [2.45, 2.75) is 25.8 Å². The minimum absolute atomic E-state index is 0.151. The zero-order chi connectivity index (χ0) is 21.0. The Morgan fingerprint density at radius 1 is 1.20 bits per heavy atom. The predicted octanol–water partition coefficient (Wildman–Crippen LogP) is 2.86. The van der Waals surface area contributed by atoms with Crippen LogP contribution in [0.1, 0.15) is 36.2 Å². The van der Waals surface area contributed by atoms with E-state index < -0.39 is 11.4 Å². The molecule has 2 aromatic heterocycles. The highest BCUT2D eigenvalue weighted by Gasteiger charge is 2.28. The molecule has 2 fully saturated rings. The van der Waals surface area contributed by atoms with Gasteiger partial charge in [0.15, 0.2) is 0 Å². The fourth-order valence-electron chi connectivity index (χ4n) is 4.27. The second-order valence-electron chi connectivity index (χ2n) is 8.09. The zero-order valence-electron chi connectivity index (χ0n) is 16.8. The van der Waals surface area contributed by atoms with Crippen LogP contribution in [0.4, 0.5) is 10.1 Å². The number of halogens is 1. The van der Waals surface area contributed by atoms with Gasteiger partial charge in [-0.05, 0) is 37.6 Å². The van der Waals surface area contributed by atoms with E-state index in [-0.39, 0.29) is 22.8 Å². The number of hydrogen-bond donors (Lipinski definition) is 1. The van der Waals surface area contributed by atoms with E-state index >= 15 is 0 Å². The average molecular weight is 410 g/mol. The Kier molecular flexibility index (Phi) is 4.47. The standard InChI is InChI=1S/C22H23FN4O3/c1-2-25-5-7-26(8-6-25)19-11-18-13(10-17(19)23)9-15-20(28)16(22(29)30)12-27(14-3-4-14)21(15)24-18/h9-12,14H,2-8H2,1H3,(H,29,30). The topological polar surface area (TPSA) is 78.7 Å². The molecular weight excluding hydrogens is 387 g/mol. The molecule has 0 spiro atoms. The number of carbonyl (C=O) groups is 1. The summed E-state index contributed by atoms with van der Waals surface area (Å²) in [7, 11) is 0. The van der Waals surface area contributed by atoms with E-state index in [1.165, 1.54) is 12.3 Å². The molecule has 0 radical (unpaired) electrons. The third kappa shape index (κ3) is 3.11. The molecule has 1 saturated heterocycles. The summed E-state index contributed by atoms with van der Waals surface area (Å²) in [6.45, 7) is 6.38. The molecular formula is C22H23FN4O3. The van der Waals surface area contributed by atoms with Gasteiger partial charge in [0, 0.05) is 43.8 Å². The molecule has 1 aromatic carbocycles. The molecule has 2 aliphatic rings. The Balaban J connectivity index is 1.67. The van der Waals surface area contributed by atoms with Gasteiger partial charge < -0.3 is 19.5 Å². The number of likely N-dealkylation sites (N-methyl/N-ethyl adjacent to an activating group) is 1. The quantitative estimate of drug-likeness (QED) is 0.667. The highest BCUT2D eigenvalue weighted by Crippen LogP contribution is 2.37. The van der Waals surface area contributed by atoms with Crippen LogP contribution in [-0.2, 0) is 0 Å². The van der Waals surface area contributed by atoms with E-state index in [0.717, 1.165) is 45.6 Å². The largest absolute Gasteiger partial charge is 0.477 e. The van der Waals surface area contributed by atoms with Crippen LogP contribution in [0.2, 0.25) is 0 Å². The number of benzene rings is 1. The molecule has 156 valence electrons. The maximum absolute atomic E-state index is 14.9. The van der Waals surface area contributed by atoms with E-state index in [1.54, 1.807) is 16.7 Å². The Bertz CT molecular complexity index is 1230. The lowest BCUT2D eigenvalue weighted by molar-refractivity contribution is 0.0695. The maximum atomic E-state index is 14.9. The molecule has 1 aliphatic heterocycles. The summed E-state index contributed by atoms with van der Waals surface area (Å²) in [5, 5.41) is 10.1. The highest BCUT2D eigenvalue weighted by molar-refractivity contribution is 5.97. The SMILES string of the molecule is CCN1CCN(c2cc3nc4c(cc3cc2F)c(=O)c(C(=O)O)cn4C2CC2)CC1. The first kappa shape index (κ1) is 19.0. The van der Waals surface area contributed by atoms with Crippen molar-refractivity contribution in [2.75, 3.05) is 37.6 Å². The number of nitrogens with zero attached hydrogens (tertiary/aromatic N) is 4. The van der Waals surface area contributed by atoms with Gasteiger partial charge in [-0.15, -0.1) is 0 Å². The average Bonchev–Trinajstić information content (AvgIpc) is 3.58. The first-order valence-electron chi connectivity index (χ1n) is 10.4. The molecule has 0 unspecified atom stereocenters. The number of piperazine rings is 1. The number of carboxylic acid groups (broad SMARTS) is 1. The van der Waals surface area contributed by atoms with Gasteiger partial charge in [0.2, 0.25) is 5.43 Å². The van der Waals surface area contributed by atoms with Crippen LogP contribution in [0, 0.1) is 5.82 Å². The summed E-state index contributed by atoms with van der Waals surface area (Å²) in [6.07, 6.45) is 3.25. The third-order valence-corrected chi connectivity index (χ3v) is 6.20. The van der Waals surface area contributed by atoms with Gasteiger partial charge in [0.05, 0.1) is 16.6 Å². The summed E-state index contributed by atoms with van der Waals surface area (Å²) < 4.78 is 16.7. The number of aromatic carboxylic acids is 1. The normalized spacial score (nSPS) is 17.7. The lowest BCUT2D eigenvalue weighted by Gasteiger charge is -2.35. The highest BCUT2D eigenvalue weighted by atomic mass is 19.1. The lowest BCUT2D eigenvalue weighted by atomic mass is 10.1. The van der Waals surface area contributed by atoms with Crippen molar-refractivity contribution in [1.82, 2.24) is 14.5 Å². The van der Waals surface area contributed by atoms with Crippen LogP contribution < -0.4 is 10.3 Å². The molecule has 3 aromatic rings. The van der Waals surface area contributed by atoms with Crippen molar-refractivity contribution in [3.63, 3.8) is 0 Å². The van der Waals surface area contributed by atoms with Gasteiger partial charge in [-0.1, -0.05) is 6.92 Å². The van der Waals surface area contributed by atoms with E-state index in [4.69, 9.17) is 4.98 Å². The van der Waals surface area contributed by atoms with Crippen LogP contribution in [-0.4, -0.2) is 58.3 Å². The second-order valence-corrected chi connectivity index (χ2v) is 8.09. The number of aromatic nitrogens is 2. The fraction of sp³-hybridized carbons (Fsp3) is 0.409. The molecule has 8 heteroatoms. The number of pyridine rings is 2. The minimum Gasteiger partial charge on any atom is -0.477 e. The fourth-order valence-corrected chi connectivity index (χ4v) is 4.27. The van der Waals surface area contributed by atoms with Gasteiger partial charge in [-0.25, -0.2) is 14.2 Å². The van der Waals surface area contributed by atoms with E-state index in [9.17, 15) is 19.1 Å². The number of anilines is 1.